The molecule has 0 aliphatic heterocycles. The standard InChI is InChI=1S/C18H24N4O4/c1-25-18-3-2-13(8-20-18)10-26-11-17(24)21-15-6-14(7-16(15)23)9-22-5-4-19-12-22/h2-5,8,12,14-16,23H,6-7,9-11H2,1H3,(H,21,24)/t14?,15-,16-/m1/s1. The molecule has 0 radical (unpaired) electrons. The van der Waals surface area contributed by atoms with Gasteiger partial charge in [-0.1, -0.05) is 0 Å². The molecule has 3 rings (SSSR count). The van der Waals surface area contributed by atoms with Crippen molar-refractivity contribution >= 4 is 5.91 Å². The van der Waals surface area contributed by atoms with Crippen LogP contribution in [0.15, 0.2) is 37.1 Å². The Labute approximate surface area is 152 Å². The van der Waals surface area contributed by atoms with Crippen LogP contribution < -0.4 is 10.1 Å². The smallest absolute Gasteiger partial charge is 0.246 e. The van der Waals surface area contributed by atoms with Crippen LogP contribution in [-0.2, 0) is 22.7 Å². The van der Waals surface area contributed by atoms with E-state index in [4.69, 9.17) is 9.47 Å². The van der Waals surface area contributed by atoms with E-state index in [1.165, 1.54) is 0 Å². The first-order valence-electron chi connectivity index (χ1n) is 8.64. The molecule has 1 unspecified atom stereocenters. The van der Waals surface area contributed by atoms with Crippen molar-refractivity contribution in [2.75, 3.05) is 13.7 Å². The van der Waals surface area contributed by atoms with Crippen LogP contribution in [-0.4, -0.2) is 51.4 Å². The summed E-state index contributed by atoms with van der Waals surface area (Å²) in [7, 11) is 1.56. The second-order valence-electron chi connectivity index (χ2n) is 6.54. The average molecular weight is 360 g/mol. The first-order valence-corrected chi connectivity index (χ1v) is 8.64. The van der Waals surface area contributed by atoms with E-state index in [2.05, 4.69) is 15.3 Å². The number of aliphatic hydroxyl groups is 1. The molecule has 1 aliphatic rings. The summed E-state index contributed by atoms with van der Waals surface area (Å²) in [6.07, 6.45) is 7.94. The number of carbonyl (C=O) groups excluding carboxylic acids is 1. The van der Waals surface area contributed by atoms with E-state index in [0.29, 0.717) is 24.8 Å². The summed E-state index contributed by atoms with van der Waals surface area (Å²) in [5.74, 6) is 0.626. The van der Waals surface area contributed by atoms with Crippen LogP contribution in [0.5, 0.6) is 5.88 Å². The van der Waals surface area contributed by atoms with Crippen molar-refractivity contribution in [3.05, 3.63) is 42.6 Å². The molecule has 140 valence electrons. The summed E-state index contributed by atoms with van der Waals surface area (Å²) in [6.45, 7) is 1.03. The minimum absolute atomic E-state index is 0.0541. The van der Waals surface area contributed by atoms with Crippen LogP contribution in [0.1, 0.15) is 18.4 Å². The van der Waals surface area contributed by atoms with Gasteiger partial charge in [-0.25, -0.2) is 9.97 Å². The summed E-state index contributed by atoms with van der Waals surface area (Å²) in [5.41, 5.74) is 0.861. The zero-order valence-electron chi connectivity index (χ0n) is 14.7. The van der Waals surface area contributed by atoms with Crippen LogP contribution in [0.4, 0.5) is 0 Å². The Morgan fingerprint density at radius 1 is 1.42 bits per heavy atom. The molecule has 1 aliphatic carbocycles. The highest BCUT2D eigenvalue weighted by atomic mass is 16.5. The van der Waals surface area contributed by atoms with Gasteiger partial charge in [0.2, 0.25) is 11.8 Å². The Hall–Kier alpha value is -2.45. The van der Waals surface area contributed by atoms with Gasteiger partial charge in [0, 0.05) is 31.2 Å². The number of aromatic nitrogens is 3. The molecule has 1 saturated carbocycles. The molecule has 26 heavy (non-hydrogen) atoms. The highest BCUT2D eigenvalue weighted by Gasteiger charge is 2.33. The topological polar surface area (TPSA) is 98.5 Å². The van der Waals surface area contributed by atoms with Crippen molar-refractivity contribution in [2.45, 2.75) is 38.1 Å². The number of hydrogen-bond donors (Lipinski definition) is 2. The third-order valence-corrected chi connectivity index (χ3v) is 4.51. The Morgan fingerprint density at radius 2 is 2.31 bits per heavy atom. The summed E-state index contributed by atoms with van der Waals surface area (Å²) >= 11 is 0. The normalized spacial score (nSPS) is 22.3. The van der Waals surface area contributed by atoms with Gasteiger partial charge >= 0.3 is 0 Å². The number of imidazole rings is 1. The van der Waals surface area contributed by atoms with Gasteiger partial charge in [0.1, 0.15) is 6.61 Å². The fourth-order valence-corrected chi connectivity index (χ4v) is 3.24. The SMILES string of the molecule is COc1ccc(COCC(=O)N[C@@H]2CC(Cn3ccnc3)C[C@H]2O)cn1. The van der Waals surface area contributed by atoms with E-state index >= 15 is 0 Å². The fraction of sp³-hybridized carbons (Fsp3) is 0.500. The number of hydrogen-bond acceptors (Lipinski definition) is 6. The quantitative estimate of drug-likeness (QED) is 0.721. The number of ether oxygens (including phenoxy) is 2. The van der Waals surface area contributed by atoms with Crippen LogP contribution in [0.3, 0.4) is 0 Å². The van der Waals surface area contributed by atoms with E-state index < -0.39 is 6.10 Å². The lowest BCUT2D eigenvalue weighted by atomic mass is 10.1. The van der Waals surface area contributed by atoms with E-state index in [0.717, 1.165) is 18.5 Å². The lowest BCUT2D eigenvalue weighted by Gasteiger charge is -2.16. The van der Waals surface area contributed by atoms with Crippen LogP contribution in [0, 0.1) is 5.92 Å². The van der Waals surface area contributed by atoms with Gasteiger partial charge < -0.3 is 24.5 Å². The zero-order chi connectivity index (χ0) is 18.4. The lowest BCUT2D eigenvalue weighted by molar-refractivity contribution is -0.127. The Morgan fingerprint density at radius 3 is 3.00 bits per heavy atom. The molecule has 3 atom stereocenters. The number of nitrogens with one attached hydrogen (secondary N) is 1. The van der Waals surface area contributed by atoms with Crippen molar-refractivity contribution in [2.24, 2.45) is 5.92 Å². The first kappa shape index (κ1) is 18.3. The largest absolute Gasteiger partial charge is 0.481 e. The fourth-order valence-electron chi connectivity index (χ4n) is 3.24. The number of methoxy groups -OCH3 is 1. The Balaban J connectivity index is 1.38. The molecule has 2 aromatic rings. The molecule has 2 heterocycles. The number of rotatable bonds is 8. The van der Waals surface area contributed by atoms with E-state index in [9.17, 15) is 9.90 Å². The summed E-state index contributed by atoms with van der Waals surface area (Å²) in [6, 6.07) is 3.35. The van der Waals surface area contributed by atoms with Gasteiger partial charge in [-0.3, -0.25) is 4.79 Å². The molecular formula is C18H24N4O4. The molecule has 2 aromatic heterocycles. The van der Waals surface area contributed by atoms with E-state index in [-0.39, 0.29) is 18.6 Å². The maximum atomic E-state index is 12.1. The second kappa shape index (κ2) is 8.77. The molecule has 1 amide bonds. The third-order valence-electron chi connectivity index (χ3n) is 4.51. The second-order valence-corrected chi connectivity index (χ2v) is 6.54. The zero-order valence-corrected chi connectivity index (χ0v) is 14.7. The molecule has 2 N–H and O–H groups in total. The molecule has 1 fully saturated rings. The highest BCUT2D eigenvalue weighted by Crippen LogP contribution is 2.27. The van der Waals surface area contributed by atoms with Gasteiger partial charge in [0.25, 0.3) is 0 Å². The summed E-state index contributed by atoms with van der Waals surface area (Å²) in [5, 5.41) is 13.1. The summed E-state index contributed by atoms with van der Waals surface area (Å²) < 4.78 is 12.4. The minimum atomic E-state index is -0.529. The maximum absolute atomic E-state index is 12.1. The molecule has 8 nitrogen and oxygen atoms in total. The predicted molar refractivity (Wildman–Crippen MR) is 93.3 cm³/mol. The number of pyridine rings is 1. The van der Waals surface area contributed by atoms with Crippen molar-refractivity contribution in [1.29, 1.82) is 0 Å². The van der Waals surface area contributed by atoms with Crippen molar-refractivity contribution in [3.63, 3.8) is 0 Å². The predicted octanol–water partition coefficient (Wildman–Crippen LogP) is 0.759. The lowest BCUT2D eigenvalue weighted by Crippen LogP contribution is -2.41. The number of amides is 1. The van der Waals surface area contributed by atoms with Gasteiger partial charge in [0.05, 0.1) is 32.2 Å². The molecule has 8 heteroatoms. The van der Waals surface area contributed by atoms with Crippen LogP contribution in [0.25, 0.3) is 0 Å². The maximum Gasteiger partial charge on any atom is 0.246 e. The highest BCUT2D eigenvalue weighted by molar-refractivity contribution is 5.77. The molecule has 0 saturated heterocycles. The molecule has 0 bridgehead atoms. The van der Waals surface area contributed by atoms with Crippen molar-refractivity contribution in [1.82, 2.24) is 19.9 Å². The molecule has 0 aromatic carbocycles. The van der Waals surface area contributed by atoms with Gasteiger partial charge in [0.15, 0.2) is 0 Å². The van der Waals surface area contributed by atoms with Gasteiger partial charge in [-0.15, -0.1) is 0 Å². The van der Waals surface area contributed by atoms with Crippen LogP contribution in [0.2, 0.25) is 0 Å². The third kappa shape index (κ3) is 5.03. The number of nitrogens with zero attached hydrogens (tertiary/aromatic N) is 3. The van der Waals surface area contributed by atoms with Crippen LogP contribution >= 0.6 is 0 Å². The van der Waals surface area contributed by atoms with Gasteiger partial charge in [-0.2, -0.15) is 0 Å². The summed E-state index contributed by atoms with van der Waals surface area (Å²) in [4.78, 5) is 20.2. The Bertz CT molecular complexity index is 690. The molecular weight excluding hydrogens is 336 g/mol. The molecule has 0 spiro atoms. The Kier molecular flexibility index (Phi) is 6.19. The minimum Gasteiger partial charge on any atom is -0.481 e. The van der Waals surface area contributed by atoms with E-state index in [1.807, 2.05) is 16.8 Å². The number of aliphatic hydroxyl groups excluding tert-OH is 1. The van der Waals surface area contributed by atoms with Crippen molar-refractivity contribution in [3.8, 4) is 5.88 Å². The van der Waals surface area contributed by atoms with Crippen molar-refractivity contribution < 1.29 is 19.4 Å². The number of carbonyl (C=O) groups is 1. The van der Waals surface area contributed by atoms with Gasteiger partial charge in [-0.05, 0) is 30.4 Å². The van der Waals surface area contributed by atoms with E-state index in [1.54, 1.807) is 31.9 Å². The monoisotopic (exact) mass is 360 g/mol. The first-order chi connectivity index (χ1) is 12.6. The average Bonchev–Trinajstić information content (AvgIpc) is 3.26.